The van der Waals surface area contributed by atoms with E-state index >= 15 is 0 Å². The molecule has 7 nitrogen and oxygen atoms in total. The maximum atomic E-state index is 11.9. The third-order valence-corrected chi connectivity index (χ3v) is 5.00. The van der Waals surface area contributed by atoms with Crippen LogP contribution in [-0.2, 0) is 19.1 Å². The summed E-state index contributed by atoms with van der Waals surface area (Å²) in [6.45, 7) is 19.0. The standard InChI is InChI=1S/C14H24N2O4.C8H17N.C3H8/c1-6-20-14(19)11(4)7-12(10(2)3)16(5)13(18)8-15-9-17;1-8(2)9-6-4-3-5-7-9;1-3-2/h7,9-10,12H,6,8H2,1-5H3,(H,15,17);8H,3-7H2,1-2H3;3H2,1-2H3/b11-7+;;/t12-;;/m1../s1. The van der Waals surface area contributed by atoms with Crippen molar-refractivity contribution in [3.8, 4) is 0 Å². The molecule has 0 radical (unpaired) electrons. The van der Waals surface area contributed by atoms with E-state index in [0.717, 1.165) is 6.04 Å². The number of likely N-dealkylation sites (tertiary alicyclic amines) is 1. The molecule has 1 aliphatic heterocycles. The predicted molar refractivity (Wildman–Crippen MR) is 132 cm³/mol. The van der Waals surface area contributed by atoms with Gasteiger partial charge in [0.05, 0.1) is 19.2 Å². The summed E-state index contributed by atoms with van der Waals surface area (Å²) >= 11 is 0. The molecule has 1 N–H and O–H groups in total. The van der Waals surface area contributed by atoms with Crippen LogP contribution >= 0.6 is 0 Å². The summed E-state index contributed by atoms with van der Waals surface area (Å²) in [7, 11) is 1.65. The molecular formula is C25H49N3O4. The topological polar surface area (TPSA) is 79.0 Å². The molecule has 32 heavy (non-hydrogen) atoms. The van der Waals surface area contributed by atoms with Gasteiger partial charge < -0.3 is 19.9 Å². The summed E-state index contributed by atoms with van der Waals surface area (Å²) in [5, 5.41) is 2.34. The number of carbonyl (C=O) groups is 3. The summed E-state index contributed by atoms with van der Waals surface area (Å²) < 4.78 is 4.92. The number of carbonyl (C=O) groups excluding carboxylic acids is 3. The third-order valence-electron chi connectivity index (χ3n) is 5.00. The minimum atomic E-state index is -0.384. The predicted octanol–water partition coefficient (Wildman–Crippen LogP) is 4.02. The first-order valence-electron chi connectivity index (χ1n) is 12.1. The van der Waals surface area contributed by atoms with E-state index in [1.807, 2.05) is 13.8 Å². The van der Waals surface area contributed by atoms with Gasteiger partial charge in [-0.05, 0) is 59.5 Å². The fourth-order valence-corrected chi connectivity index (χ4v) is 3.18. The summed E-state index contributed by atoms with van der Waals surface area (Å²) in [6, 6.07) is 0.533. The van der Waals surface area contributed by atoms with Gasteiger partial charge in [0.1, 0.15) is 0 Å². The molecule has 0 aromatic rings. The Hall–Kier alpha value is -1.89. The van der Waals surface area contributed by atoms with E-state index in [4.69, 9.17) is 4.74 Å². The lowest BCUT2D eigenvalue weighted by atomic mass is 10.00. The lowest BCUT2D eigenvalue weighted by Crippen LogP contribution is -2.43. The SMILES string of the molecule is CC(C)N1CCCCC1.CCC.CCOC(=O)/C(C)=C/[C@H](C(C)C)N(C)C(=O)CNC=O. The van der Waals surface area contributed by atoms with Crippen molar-refractivity contribution in [2.24, 2.45) is 5.92 Å². The first-order valence-corrected chi connectivity index (χ1v) is 12.1. The molecule has 0 spiro atoms. The number of rotatable bonds is 9. The number of likely N-dealkylation sites (N-methyl/N-ethyl adjacent to an activating group) is 1. The van der Waals surface area contributed by atoms with Crippen LogP contribution in [0.5, 0.6) is 0 Å². The molecule has 1 heterocycles. The van der Waals surface area contributed by atoms with Gasteiger partial charge in [0, 0.05) is 18.7 Å². The largest absolute Gasteiger partial charge is 0.463 e. The van der Waals surface area contributed by atoms with Gasteiger partial charge in [-0.15, -0.1) is 0 Å². The zero-order valence-electron chi connectivity index (χ0n) is 22.1. The molecule has 7 heteroatoms. The van der Waals surface area contributed by atoms with Gasteiger partial charge in [-0.1, -0.05) is 46.6 Å². The van der Waals surface area contributed by atoms with Crippen LogP contribution < -0.4 is 5.32 Å². The van der Waals surface area contributed by atoms with Gasteiger partial charge in [0.15, 0.2) is 0 Å². The number of esters is 1. The van der Waals surface area contributed by atoms with Crippen molar-refractivity contribution in [3.05, 3.63) is 11.6 Å². The molecule has 0 aliphatic carbocycles. The fourth-order valence-electron chi connectivity index (χ4n) is 3.18. The molecule has 0 unspecified atom stereocenters. The van der Waals surface area contributed by atoms with Crippen LogP contribution in [-0.4, -0.2) is 73.5 Å². The van der Waals surface area contributed by atoms with Crippen LogP contribution in [0.4, 0.5) is 0 Å². The number of nitrogens with zero attached hydrogens (tertiary/aromatic N) is 2. The number of amides is 2. The van der Waals surface area contributed by atoms with Gasteiger partial charge in [0.2, 0.25) is 12.3 Å². The van der Waals surface area contributed by atoms with Gasteiger partial charge >= 0.3 is 5.97 Å². The highest BCUT2D eigenvalue weighted by molar-refractivity contribution is 5.88. The van der Waals surface area contributed by atoms with Crippen LogP contribution in [0.2, 0.25) is 0 Å². The van der Waals surface area contributed by atoms with Crippen molar-refractivity contribution >= 4 is 18.3 Å². The Morgan fingerprint density at radius 1 is 1.06 bits per heavy atom. The molecule has 1 atom stereocenters. The zero-order valence-corrected chi connectivity index (χ0v) is 22.1. The molecule has 1 fully saturated rings. The van der Waals surface area contributed by atoms with E-state index in [1.54, 1.807) is 27.0 Å². The molecule has 188 valence electrons. The highest BCUT2D eigenvalue weighted by Gasteiger charge is 2.22. The van der Waals surface area contributed by atoms with Crippen LogP contribution in [0.25, 0.3) is 0 Å². The first kappa shape index (κ1) is 32.3. The van der Waals surface area contributed by atoms with E-state index in [-0.39, 0.29) is 30.4 Å². The number of piperidine rings is 1. The number of hydrogen-bond acceptors (Lipinski definition) is 5. The Morgan fingerprint density at radius 2 is 1.59 bits per heavy atom. The highest BCUT2D eigenvalue weighted by atomic mass is 16.5. The minimum Gasteiger partial charge on any atom is -0.463 e. The monoisotopic (exact) mass is 455 g/mol. The van der Waals surface area contributed by atoms with Crippen molar-refractivity contribution in [1.29, 1.82) is 0 Å². The van der Waals surface area contributed by atoms with E-state index in [0.29, 0.717) is 18.6 Å². The van der Waals surface area contributed by atoms with Crippen LogP contribution in [0.1, 0.15) is 81.1 Å². The highest BCUT2D eigenvalue weighted by Crippen LogP contribution is 2.14. The van der Waals surface area contributed by atoms with E-state index in [1.165, 1.54) is 43.7 Å². The Balaban J connectivity index is 0. The molecule has 0 aromatic heterocycles. The molecule has 1 aliphatic rings. The van der Waals surface area contributed by atoms with E-state index in [9.17, 15) is 14.4 Å². The smallest absolute Gasteiger partial charge is 0.333 e. The maximum Gasteiger partial charge on any atom is 0.333 e. The Kier molecular flexibility index (Phi) is 19.9. The Morgan fingerprint density at radius 3 is 1.97 bits per heavy atom. The van der Waals surface area contributed by atoms with Crippen LogP contribution in [0.3, 0.4) is 0 Å². The van der Waals surface area contributed by atoms with Crippen molar-refractivity contribution in [1.82, 2.24) is 15.1 Å². The summed E-state index contributed by atoms with van der Waals surface area (Å²) in [4.78, 5) is 37.8. The first-order chi connectivity index (χ1) is 15.1. The van der Waals surface area contributed by atoms with Gasteiger partial charge in [-0.3, -0.25) is 9.59 Å². The molecule has 1 saturated heterocycles. The van der Waals surface area contributed by atoms with E-state index < -0.39 is 0 Å². The van der Waals surface area contributed by atoms with Crippen molar-refractivity contribution in [3.63, 3.8) is 0 Å². The average molecular weight is 456 g/mol. The van der Waals surface area contributed by atoms with Crippen LogP contribution in [0.15, 0.2) is 11.6 Å². The van der Waals surface area contributed by atoms with E-state index in [2.05, 4.69) is 37.9 Å². The third kappa shape index (κ3) is 15.0. The van der Waals surface area contributed by atoms with Gasteiger partial charge in [0.25, 0.3) is 0 Å². The summed E-state index contributed by atoms with van der Waals surface area (Å²) in [5.74, 6) is -0.474. The average Bonchev–Trinajstić information content (AvgIpc) is 2.76. The number of ether oxygens (including phenoxy) is 1. The minimum absolute atomic E-state index is 0.0600. The maximum absolute atomic E-state index is 11.9. The lowest BCUT2D eigenvalue weighted by Gasteiger charge is -2.29. The Labute approximate surface area is 196 Å². The fraction of sp³-hybridized carbons (Fsp3) is 0.800. The van der Waals surface area contributed by atoms with Gasteiger partial charge in [-0.2, -0.15) is 0 Å². The Bertz CT molecular complexity index is 541. The summed E-state index contributed by atoms with van der Waals surface area (Å²) in [6.07, 6.45) is 7.73. The lowest BCUT2D eigenvalue weighted by molar-refractivity contribution is -0.138. The molecule has 0 bridgehead atoms. The van der Waals surface area contributed by atoms with Crippen molar-refractivity contribution in [2.45, 2.75) is 93.2 Å². The second kappa shape index (κ2) is 19.8. The normalized spacial score (nSPS) is 15.0. The molecule has 0 aromatic carbocycles. The molecule has 0 saturated carbocycles. The summed E-state index contributed by atoms with van der Waals surface area (Å²) in [5.41, 5.74) is 0.466. The zero-order chi connectivity index (χ0) is 25.1. The van der Waals surface area contributed by atoms with Crippen LogP contribution in [0, 0.1) is 5.92 Å². The second-order valence-corrected chi connectivity index (χ2v) is 8.71. The second-order valence-electron chi connectivity index (χ2n) is 8.71. The molecular weight excluding hydrogens is 406 g/mol. The number of hydrogen-bond donors (Lipinski definition) is 1. The van der Waals surface area contributed by atoms with Crippen molar-refractivity contribution in [2.75, 3.05) is 33.3 Å². The molecule has 1 rings (SSSR count). The van der Waals surface area contributed by atoms with Gasteiger partial charge in [-0.25, -0.2) is 4.79 Å². The number of nitrogens with one attached hydrogen (secondary N) is 1. The molecule has 2 amide bonds. The quantitative estimate of drug-likeness (QED) is 0.323. The van der Waals surface area contributed by atoms with Crippen molar-refractivity contribution < 1.29 is 19.1 Å².